The van der Waals surface area contributed by atoms with Gasteiger partial charge in [0.2, 0.25) is 5.91 Å². The van der Waals surface area contributed by atoms with Crippen LogP contribution in [0.3, 0.4) is 0 Å². The van der Waals surface area contributed by atoms with Crippen LogP contribution in [0.2, 0.25) is 0 Å². The van der Waals surface area contributed by atoms with E-state index >= 15 is 0 Å². The van der Waals surface area contributed by atoms with Crippen LogP contribution in [0, 0.1) is 13.8 Å². The topological polar surface area (TPSA) is 64.4 Å². The molecule has 0 fully saturated rings. The molecule has 0 saturated heterocycles. The first kappa shape index (κ1) is 20.4. The molecule has 0 atom stereocenters. The smallest absolute Gasteiger partial charge is 0.262 e. The molecule has 3 aromatic rings. The fourth-order valence-corrected chi connectivity index (χ4v) is 4.80. The van der Waals surface area contributed by atoms with Gasteiger partial charge in [0.15, 0.2) is 5.16 Å². The van der Waals surface area contributed by atoms with E-state index in [-0.39, 0.29) is 17.2 Å². The Morgan fingerprint density at radius 3 is 2.61 bits per heavy atom. The van der Waals surface area contributed by atoms with Gasteiger partial charge in [-0.15, -0.1) is 11.3 Å². The van der Waals surface area contributed by atoms with Crippen LogP contribution < -0.4 is 10.3 Å². The molecule has 8 heteroatoms. The van der Waals surface area contributed by atoms with Gasteiger partial charge in [0, 0.05) is 25.5 Å². The summed E-state index contributed by atoms with van der Waals surface area (Å²) in [5.74, 6) is 0.991. The summed E-state index contributed by atoms with van der Waals surface area (Å²) in [6, 6.07) is 7.64. The van der Waals surface area contributed by atoms with E-state index in [4.69, 9.17) is 4.74 Å². The summed E-state index contributed by atoms with van der Waals surface area (Å²) in [6.07, 6.45) is 0. The molecule has 1 aromatic carbocycles. The van der Waals surface area contributed by atoms with Crippen LogP contribution in [0.1, 0.15) is 16.0 Å². The number of benzene rings is 1. The summed E-state index contributed by atoms with van der Waals surface area (Å²) in [5.41, 5.74) is 1.95. The van der Waals surface area contributed by atoms with E-state index in [0.29, 0.717) is 17.1 Å². The molecule has 0 bridgehead atoms. The van der Waals surface area contributed by atoms with Crippen molar-refractivity contribution in [3.63, 3.8) is 0 Å². The average Bonchev–Trinajstić information content (AvgIpc) is 2.97. The number of aryl methyl sites for hydroxylation is 2. The molecule has 148 valence electrons. The number of aromatic nitrogens is 2. The third-order valence-corrected chi connectivity index (χ3v) is 6.81. The number of amides is 1. The summed E-state index contributed by atoms with van der Waals surface area (Å²) in [6.45, 7) is 4.45. The molecule has 6 nitrogen and oxygen atoms in total. The molecular formula is C20H23N3O3S2. The van der Waals surface area contributed by atoms with Gasteiger partial charge >= 0.3 is 0 Å². The fraction of sp³-hybridized carbons (Fsp3) is 0.350. The number of fused-ring (bicyclic) bond motifs is 1. The largest absolute Gasteiger partial charge is 0.497 e. The van der Waals surface area contributed by atoms with Crippen LogP contribution in [0.5, 0.6) is 5.75 Å². The molecule has 0 aliphatic rings. The second kappa shape index (κ2) is 8.36. The third kappa shape index (κ3) is 4.07. The van der Waals surface area contributed by atoms with Crippen molar-refractivity contribution in [2.24, 2.45) is 7.05 Å². The number of carbonyl (C=O) groups is 1. The molecule has 1 amide bonds. The van der Waals surface area contributed by atoms with Gasteiger partial charge in [-0.3, -0.25) is 14.2 Å². The van der Waals surface area contributed by atoms with Gasteiger partial charge in [0.1, 0.15) is 10.6 Å². The number of nitrogens with zero attached hydrogens (tertiary/aromatic N) is 3. The average molecular weight is 418 g/mol. The van der Waals surface area contributed by atoms with Crippen molar-refractivity contribution in [2.45, 2.75) is 25.5 Å². The highest BCUT2D eigenvalue weighted by Gasteiger charge is 2.17. The van der Waals surface area contributed by atoms with Crippen molar-refractivity contribution < 1.29 is 9.53 Å². The second-order valence-electron chi connectivity index (χ2n) is 6.61. The van der Waals surface area contributed by atoms with E-state index in [9.17, 15) is 9.59 Å². The zero-order valence-electron chi connectivity index (χ0n) is 16.6. The predicted molar refractivity (Wildman–Crippen MR) is 115 cm³/mol. The molecule has 0 aliphatic carbocycles. The van der Waals surface area contributed by atoms with Crippen LogP contribution >= 0.6 is 23.1 Å². The van der Waals surface area contributed by atoms with Gasteiger partial charge < -0.3 is 9.64 Å². The van der Waals surface area contributed by atoms with Gasteiger partial charge in [0.05, 0.1) is 18.2 Å². The van der Waals surface area contributed by atoms with Gasteiger partial charge in [-0.25, -0.2) is 4.98 Å². The lowest BCUT2D eigenvalue weighted by atomic mass is 10.2. The van der Waals surface area contributed by atoms with Crippen LogP contribution in [0.25, 0.3) is 10.2 Å². The Morgan fingerprint density at radius 1 is 1.29 bits per heavy atom. The highest BCUT2D eigenvalue weighted by molar-refractivity contribution is 7.99. The lowest BCUT2D eigenvalue weighted by Gasteiger charge is -2.17. The quantitative estimate of drug-likeness (QED) is 0.454. The monoisotopic (exact) mass is 417 g/mol. The number of methoxy groups -OCH3 is 1. The molecule has 0 unspecified atom stereocenters. The Kier molecular flexibility index (Phi) is 6.10. The Bertz CT molecular complexity index is 1070. The van der Waals surface area contributed by atoms with Crippen molar-refractivity contribution in [3.05, 3.63) is 50.6 Å². The Balaban J connectivity index is 1.69. The normalized spacial score (nSPS) is 11.0. The van der Waals surface area contributed by atoms with Crippen LogP contribution in [-0.4, -0.2) is 40.3 Å². The molecule has 0 N–H and O–H groups in total. The second-order valence-corrected chi connectivity index (χ2v) is 8.75. The number of thioether (sulfide) groups is 1. The van der Waals surface area contributed by atoms with Gasteiger partial charge in [-0.1, -0.05) is 23.9 Å². The number of thiophene rings is 1. The van der Waals surface area contributed by atoms with Crippen LogP contribution in [0.4, 0.5) is 0 Å². The van der Waals surface area contributed by atoms with E-state index in [1.54, 1.807) is 26.1 Å². The van der Waals surface area contributed by atoms with E-state index in [1.807, 2.05) is 38.1 Å². The maximum absolute atomic E-state index is 12.7. The molecular weight excluding hydrogens is 394 g/mol. The number of carbonyl (C=O) groups excluding carboxylic acids is 1. The maximum atomic E-state index is 12.7. The SMILES string of the molecule is COc1ccc(CN(C)C(=O)CSc2nc3sc(C)c(C)c3c(=O)n2C)cc1. The lowest BCUT2D eigenvalue weighted by molar-refractivity contribution is -0.127. The van der Waals surface area contributed by atoms with Crippen LogP contribution in [-0.2, 0) is 18.4 Å². The minimum absolute atomic E-state index is 0.0197. The number of ether oxygens (including phenoxy) is 1. The Morgan fingerprint density at radius 2 is 1.96 bits per heavy atom. The van der Waals surface area contributed by atoms with Crippen molar-refractivity contribution in [1.29, 1.82) is 0 Å². The van der Waals surface area contributed by atoms with Crippen molar-refractivity contribution in [2.75, 3.05) is 19.9 Å². The summed E-state index contributed by atoms with van der Waals surface area (Å²) >= 11 is 2.81. The Labute approximate surface area is 172 Å². The van der Waals surface area contributed by atoms with E-state index in [0.717, 1.165) is 26.6 Å². The zero-order valence-corrected chi connectivity index (χ0v) is 18.2. The van der Waals surface area contributed by atoms with E-state index in [2.05, 4.69) is 4.98 Å². The number of hydrogen-bond donors (Lipinski definition) is 0. The molecule has 0 saturated carbocycles. The Hall–Kier alpha value is -2.32. The first-order valence-electron chi connectivity index (χ1n) is 8.78. The number of hydrogen-bond acceptors (Lipinski definition) is 6. The van der Waals surface area contributed by atoms with Crippen LogP contribution in [0.15, 0.2) is 34.2 Å². The van der Waals surface area contributed by atoms with Gasteiger partial charge in [-0.05, 0) is 37.1 Å². The zero-order chi connectivity index (χ0) is 20.4. The van der Waals surface area contributed by atoms with Crippen molar-refractivity contribution in [1.82, 2.24) is 14.5 Å². The molecule has 0 aliphatic heterocycles. The molecule has 2 aromatic heterocycles. The fourth-order valence-electron chi connectivity index (χ4n) is 2.81. The molecule has 3 rings (SSSR count). The highest BCUT2D eigenvalue weighted by atomic mass is 32.2. The van der Waals surface area contributed by atoms with E-state index < -0.39 is 0 Å². The van der Waals surface area contributed by atoms with E-state index in [1.165, 1.54) is 27.7 Å². The summed E-state index contributed by atoms with van der Waals surface area (Å²) in [4.78, 5) is 33.3. The van der Waals surface area contributed by atoms with Crippen molar-refractivity contribution >= 4 is 39.2 Å². The summed E-state index contributed by atoms with van der Waals surface area (Å²) < 4.78 is 6.68. The van der Waals surface area contributed by atoms with Gasteiger partial charge in [0.25, 0.3) is 5.56 Å². The minimum Gasteiger partial charge on any atom is -0.497 e. The number of rotatable bonds is 6. The van der Waals surface area contributed by atoms with Gasteiger partial charge in [-0.2, -0.15) is 0 Å². The first-order chi connectivity index (χ1) is 13.3. The molecule has 2 heterocycles. The predicted octanol–water partition coefficient (Wildman–Crippen LogP) is 3.37. The third-order valence-electron chi connectivity index (χ3n) is 4.70. The van der Waals surface area contributed by atoms with Crippen molar-refractivity contribution in [3.8, 4) is 5.75 Å². The summed E-state index contributed by atoms with van der Waals surface area (Å²) in [7, 11) is 5.10. The molecule has 0 spiro atoms. The molecule has 28 heavy (non-hydrogen) atoms. The maximum Gasteiger partial charge on any atom is 0.262 e. The highest BCUT2D eigenvalue weighted by Crippen LogP contribution is 2.28. The lowest BCUT2D eigenvalue weighted by Crippen LogP contribution is -2.28. The minimum atomic E-state index is -0.0617. The molecule has 0 radical (unpaired) electrons. The summed E-state index contributed by atoms with van der Waals surface area (Å²) in [5, 5.41) is 1.24. The standard InChI is InChI=1S/C20H23N3O3S2/c1-12-13(2)28-18-17(12)19(25)23(4)20(21-18)27-11-16(24)22(3)10-14-6-8-15(26-5)9-7-14/h6-9H,10-11H2,1-5H3. The first-order valence-corrected chi connectivity index (χ1v) is 10.6.